The normalized spacial score (nSPS) is 18.8. The van der Waals surface area contributed by atoms with Crippen LogP contribution in [-0.2, 0) is 25.6 Å². The highest BCUT2D eigenvalue weighted by Gasteiger charge is 2.38. The van der Waals surface area contributed by atoms with Crippen molar-refractivity contribution in [1.29, 1.82) is 0 Å². The van der Waals surface area contributed by atoms with Gasteiger partial charge in [0, 0.05) is 24.9 Å². The fourth-order valence-electron chi connectivity index (χ4n) is 3.65. The highest BCUT2D eigenvalue weighted by molar-refractivity contribution is 5.94. The van der Waals surface area contributed by atoms with Crippen LogP contribution in [0.4, 0.5) is 0 Å². The summed E-state index contributed by atoms with van der Waals surface area (Å²) in [6, 6.07) is -4.14. The van der Waals surface area contributed by atoms with Crippen molar-refractivity contribution in [2.45, 2.75) is 63.7 Å². The second-order valence-corrected chi connectivity index (χ2v) is 8.35. The third-order valence-electron chi connectivity index (χ3n) is 5.29. The SMILES string of the molecule is CC(C)CC(NC(=O)C(Cc1cnc[nH]1)NC(=O)C1CCCN1C(=O)C(N)CO)C(=O)O. The summed E-state index contributed by atoms with van der Waals surface area (Å²) in [5.41, 5.74) is 6.19. The Morgan fingerprint density at radius 1 is 1.28 bits per heavy atom. The zero-order valence-corrected chi connectivity index (χ0v) is 18.3. The summed E-state index contributed by atoms with van der Waals surface area (Å²) in [4.78, 5) is 57.9. The lowest BCUT2D eigenvalue weighted by Gasteiger charge is -2.28. The Balaban J connectivity index is 2.15. The number of carbonyl (C=O) groups is 4. The molecule has 178 valence electrons. The molecule has 1 saturated heterocycles. The van der Waals surface area contributed by atoms with Gasteiger partial charge in [-0.2, -0.15) is 0 Å². The van der Waals surface area contributed by atoms with E-state index in [9.17, 15) is 24.3 Å². The highest BCUT2D eigenvalue weighted by Crippen LogP contribution is 2.19. The number of H-pyrrole nitrogens is 1. The van der Waals surface area contributed by atoms with Gasteiger partial charge in [0.1, 0.15) is 24.2 Å². The quantitative estimate of drug-likeness (QED) is 0.230. The fourth-order valence-corrected chi connectivity index (χ4v) is 3.65. The number of nitrogens with one attached hydrogen (secondary N) is 3. The summed E-state index contributed by atoms with van der Waals surface area (Å²) < 4.78 is 0. The van der Waals surface area contributed by atoms with Crippen LogP contribution in [0.25, 0.3) is 0 Å². The fraction of sp³-hybridized carbons (Fsp3) is 0.650. The van der Waals surface area contributed by atoms with E-state index in [0.717, 1.165) is 0 Å². The zero-order valence-electron chi connectivity index (χ0n) is 18.3. The molecule has 4 unspecified atom stereocenters. The van der Waals surface area contributed by atoms with Crippen LogP contribution in [-0.4, -0.2) is 86.1 Å². The summed E-state index contributed by atoms with van der Waals surface area (Å²) in [7, 11) is 0. The number of aliphatic carboxylic acids is 1. The average Bonchev–Trinajstić information content (AvgIpc) is 3.43. The zero-order chi connectivity index (χ0) is 23.8. The maximum absolute atomic E-state index is 13.0. The van der Waals surface area contributed by atoms with Gasteiger partial charge in [-0.25, -0.2) is 9.78 Å². The van der Waals surface area contributed by atoms with Crippen molar-refractivity contribution in [1.82, 2.24) is 25.5 Å². The Kier molecular flexibility index (Phi) is 9.14. The van der Waals surface area contributed by atoms with Crippen LogP contribution in [0.5, 0.6) is 0 Å². The van der Waals surface area contributed by atoms with E-state index in [-0.39, 0.29) is 18.8 Å². The molecule has 12 nitrogen and oxygen atoms in total. The summed E-state index contributed by atoms with van der Waals surface area (Å²) in [5, 5.41) is 23.7. The first-order valence-electron chi connectivity index (χ1n) is 10.6. The van der Waals surface area contributed by atoms with Gasteiger partial charge < -0.3 is 36.5 Å². The number of nitrogens with zero attached hydrogens (tertiary/aromatic N) is 2. The van der Waals surface area contributed by atoms with E-state index < -0.39 is 54.5 Å². The van der Waals surface area contributed by atoms with E-state index in [4.69, 9.17) is 10.8 Å². The van der Waals surface area contributed by atoms with Crippen LogP contribution < -0.4 is 16.4 Å². The van der Waals surface area contributed by atoms with Crippen molar-refractivity contribution in [3.8, 4) is 0 Å². The number of carboxylic acid groups (broad SMARTS) is 1. The van der Waals surface area contributed by atoms with Crippen LogP contribution in [0.1, 0.15) is 38.8 Å². The monoisotopic (exact) mass is 452 g/mol. The van der Waals surface area contributed by atoms with Gasteiger partial charge in [-0.15, -0.1) is 0 Å². The third-order valence-corrected chi connectivity index (χ3v) is 5.29. The van der Waals surface area contributed by atoms with E-state index in [0.29, 0.717) is 25.1 Å². The molecule has 4 atom stereocenters. The van der Waals surface area contributed by atoms with Crippen molar-refractivity contribution in [3.63, 3.8) is 0 Å². The third kappa shape index (κ3) is 6.76. The van der Waals surface area contributed by atoms with Gasteiger partial charge in [0.2, 0.25) is 17.7 Å². The minimum atomic E-state index is -1.16. The predicted octanol–water partition coefficient (Wildman–Crippen LogP) is -1.64. The van der Waals surface area contributed by atoms with Crippen molar-refractivity contribution in [3.05, 3.63) is 18.2 Å². The van der Waals surface area contributed by atoms with Crippen LogP contribution in [0.3, 0.4) is 0 Å². The molecule has 1 aromatic heterocycles. The molecular weight excluding hydrogens is 420 g/mol. The summed E-state index contributed by atoms with van der Waals surface area (Å²) in [6.45, 7) is 3.46. The Labute approximate surface area is 185 Å². The second kappa shape index (κ2) is 11.6. The second-order valence-electron chi connectivity index (χ2n) is 8.35. The number of aliphatic hydroxyl groups excluding tert-OH is 1. The number of aromatic amines is 1. The van der Waals surface area contributed by atoms with E-state index in [1.165, 1.54) is 17.4 Å². The first-order valence-corrected chi connectivity index (χ1v) is 10.6. The van der Waals surface area contributed by atoms with Gasteiger partial charge in [-0.3, -0.25) is 14.4 Å². The standard InChI is InChI=1S/C20H32N6O6/c1-11(2)6-15(20(31)32)25-17(28)14(7-12-8-22-10-23-12)24-18(29)16-4-3-5-26(16)19(30)13(21)9-27/h8,10-11,13-16,27H,3-7,9,21H2,1-2H3,(H,22,23)(H,24,29)(H,25,28)(H,31,32). The number of carbonyl (C=O) groups excluding carboxylic acids is 3. The van der Waals surface area contributed by atoms with Gasteiger partial charge in [-0.1, -0.05) is 13.8 Å². The molecule has 7 N–H and O–H groups in total. The van der Waals surface area contributed by atoms with Crippen LogP contribution in [0.15, 0.2) is 12.5 Å². The van der Waals surface area contributed by atoms with Crippen LogP contribution in [0.2, 0.25) is 0 Å². The molecule has 1 aliphatic heterocycles. The Hall–Kier alpha value is -2.99. The number of aromatic nitrogens is 2. The van der Waals surface area contributed by atoms with E-state index in [1.807, 2.05) is 13.8 Å². The molecule has 0 spiro atoms. The predicted molar refractivity (Wildman–Crippen MR) is 113 cm³/mol. The molecule has 1 fully saturated rings. The van der Waals surface area contributed by atoms with E-state index >= 15 is 0 Å². The van der Waals surface area contributed by atoms with Gasteiger partial charge >= 0.3 is 5.97 Å². The number of amides is 3. The number of aliphatic hydroxyl groups is 1. The molecule has 0 saturated carbocycles. The molecule has 12 heteroatoms. The number of nitrogens with two attached hydrogens (primary N) is 1. The Morgan fingerprint density at radius 3 is 2.56 bits per heavy atom. The number of hydrogen-bond donors (Lipinski definition) is 6. The largest absolute Gasteiger partial charge is 0.480 e. The molecule has 1 aliphatic rings. The first-order chi connectivity index (χ1) is 15.1. The lowest BCUT2D eigenvalue weighted by Crippen LogP contribution is -2.57. The Morgan fingerprint density at radius 2 is 2.00 bits per heavy atom. The molecule has 32 heavy (non-hydrogen) atoms. The minimum Gasteiger partial charge on any atom is -0.480 e. The number of rotatable bonds is 11. The van der Waals surface area contributed by atoms with Crippen molar-refractivity contribution in [2.75, 3.05) is 13.2 Å². The summed E-state index contributed by atoms with van der Waals surface area (Å²) in [6.07, 6.45) is 4.19. The number of likely N-dealkylation sites (tertiary alicyclic amines) is 1. The van der Waals surface area contributed by atoms with Gasteiger partial charge in [0.05, 0.1) is 12.9 Å². The van der Waals surface area contributed by atoms with Crippen LogP contribution >= 0.6 is 0 Å². The number of carboxylic acids is 1. The highest BCUT2D eigenvalue weighted by atomic mass is 16.4. The number of hydrogen-bond acceptors (Lipinski definition) is 7. The molecule has 0 aromatic carbocycles. The summed E-state index contributed by atoms with van der Waals surface area (Å²) >= 11 is 0. The Bertz CT molecular complexity index is 799. The number of imidazole rings is 1. The topological polar surface area (TPSA) is 191 Å². The van der Waals surface area contributed by atoms with Crippen molar-refractivity contribution < 1.29 is 29.4 Å². The van der Waals surface area contributed by atoms with Crippen molar-refractivity contribution >= 4 is 23.7 Å². The molecule has 0 radical (unpaired) electrons. The van der Waals surface area contributed by atoms with Gasteiger partial charge in [0.15, 0.2) is 0 Å². The van der Waals surface area contributed by atoms with Gasteiger partial charge in [0.25, 0.3) is 0 Å². The molecule has 0 aliphatic carbocycles. The lowest BCUT2D eigenvalue weighted by molar-refractivity contribution is -0.143. The molecule has 1 aromatic rings. The summed E-state index contributed by atoms with van der Waals surface area (Å²) in [5.74, 6) is -2.86. The average molecular weight is 453 g/mol. The van der Waals surface area contributed by atoms with E-state index in [1.54, 1.807) is 0 Å². The molecule has 3 amide bonds. The minimum absolute atomic E-state index is 0.0332. The maximum atomic E-state index is 13.0. The maximum Gasteiger partial charge on any atom is 0.326 e. The lowest BCUT2D eigenvalue weighted by atomic mass is 10.0. The molecule has 2 rings (SSSR count). The first kappa shape index (κ1) is 25.3. The smallest absolute Gasteiger partial charge is 0.326 e. The molecule has 2 heterocycles. The molecule has 0 bridgehead atoms. The van der Waals surface area contributed by atoms with E-state index in [2.05, 4.69) is 20.6 Å². The van der Waals surface area contributed by atoms with Gasteiger partial charge in [-0.05, 0) is 25.2 Å². The van der Waals surface area contributed by atoms with Crippen LogP contribution in [0, 0.1) is 5.92 Å². The van der Waals surface area contributed by atoms with Crippen molar-refractivity contribution in [2.24, 2.45) is 11.7 Å². The molecular formula is C20H32N6O6.